The number of rotatable bonds is 3. The highest BCUT2D eigenvalue weighted by molar-refractivity contribution is 5.89. The van der Waals surface area contributed by atoms with Crippen molar-refractivity contribution in [2.75, 3.05) is 18.4 Å². The van der Waals surface area contributed by atoms with E-state index in [1.165, 1.54) is 24.3 Å². The van der Waals surface area contributed by atoms with Crippen molar-refractivity contribution < 1.29 is 23.0 Å². The Hall–Kier alpha value is -1.89. The molecule has 2 rings (SSSR count). The Morgan fingerprint density at radius 3 is 2.38 bits per heavy atom. The van der Waals surface area contributed by atoms with E-state index in [0.29, 0.717) is 18.8 Å². The van der Waals surface area contributed by atoms with Gasteiger partial charge in [-0.15, -0.1) is 0 Å². The van der Waals surface area contributed by atoms with Crippen LogP contribution in [0.1, 0.15) is 13.8 Å². The smallest absolute Gasteiger partial charge is 0.387 e. The number of alkyl halides is 2. The number of carbonyl (C=O) groups excluding carboxylic acids is 1. The summed E-state index contributed by atoms with van der Waals surface area (Å²) in [5, 5.41) is 2.72. The Labute approximate surface area is 121 Å². The summed E-state index contributed by atoms with van der Waals surface area (Å²) in [5.41, 5.74) is 0.522. The van der Waals surface area contributed by atoms with Crippen molar-refractivity contribution >= 4 is 11.7 Å². The number of hydrogen-bond acceptors (Lipinski definition) is 3. The summed E-state index contributed by atoms with van der Waals surface area (Å²) in [6.45, 7) is 1.99. The van der Waals surface area contributed by atoms with Gasteiger partial charge in [0.15, 0.2) is 0 Å². The molecule has 2 atom stereocenters. The third-order valence-electron chi connectivity index (χ3n) is 3.04. The highest BCUT2D eigenvalue weighted by Gasteiger charge is 2.25. The molecular formula is C14H18F2N2O3. The molecular weight excluding hydrogens is 282 g/mol. The van der Waals surface area contributed by atoms with E-state index in [9.17, 15) is 13.6 Å². The molecule has 2 amide bonds. The number of carbonyl (C=O) groups is 1. The number of morpholine rings is 1. The fourth-order valence-corrected chi connectivity index (χ4v) is 2.27. The summed E-state index contributed by atoms with van der Waals surface area (Å²) in [4.78, 5) is 13.8. The van der Waals surface area contributed by atoms with Crippen molar-refractivity contribution in [2.24, 2.45) is 0 Å². The van der Waals surface area contributed by atoms with E-state index < -0.39 is 6.61 Å². The van der Waals surface area contributed by atoms with Crippen molar-refractivity contribution in [1.82, 2.24) is 4.90 Å². The molecule has 21 heavy (non-hydrogen) atoms. The number of amides is 2. The van der Waals surface area contributed by atoms with Crippen molar-refractivity contribution in [2.45, 2.75) is 32.7 Å². The maximum Gasteiger partial charge on any atom is 0.387 e. The second-order valence-electron chi connectivity index (χ2n) is 5.00. The van der Waals surface area contributed by atoms with Crippen LogP contribution in [0.2, 0.25) is 0 Å². The molecule has 7 heteroatoms. The highest BCUT2D eigenvalue weighted by atomic mass is 19.3. The van der Waals surface area contributed by atoms with Crippen LogP contribution in [0.25, 0.3) is 0 Å². The summed E-state index contributed by atoms with van der Waals surface area (Å²) >= 11 is 0. The topological polar surface area (TPSA) is 50.8 Å². The summed E-state index contributed by atoms with van der Waals surface area (Å²) < 4.78 is 33.9. The summed E-state index contributed by atoms with van der Waals surface area (Å²) in [6, 6.07) is 5.56. The van der Waals surface area contributed by atoms with Crippen LogP contribution in [-0.2, 0) is 4.74 Å². The first-order valence-corrected chi connectivity index (χ1v) is 6.70. The average molecular weight is 300 g/mol. The normalized spacial score (nSPS) is 22.2. The van der Waals surface area contributed by atoms with Crippen LogP contribution in [0.15, 0.2) is 24.3 Å². The third-order valence-corrected chi connectivity index (χ3v) is 3.04. The molecule has 0 bridgehead atoms. The van der Waals surface area contributed by atoms with Gasteiger partial charge in [0.2, 0.25) is 0 Å². The molecule has 0 unspecified atom stereocenters. The molecule has 0 saturated carbocycles. The molecule has 1 aromatic carbocycles. The van der Waals surface area contributed by atoms with E-state index in [0.717, 1.165) is 0 Å². The average Bonchev–Trinajstić information content (AvgIpc) is 2.39. The Morgan fingerprint density at radius 1 is 1.29 bits per heavy atom. The molecule has 5 nitrogen and oxygen atoms in total. The van der Waals surface area contributed by atoms with Gasteiger partial charge >= 0.3 is 12.6 Å². The van der Waals surface area contributed by atoms with Crippen LogP contribution in [0.4, 0.5) is 19.3 Å². The van der Waals surface area contributed by atoms with Gasteiger partial charge in [0.1, 0.15) is 5.75 Å². The lowest BCUT2D eigenvalue weighted by Crippen LogP contribution is -2.49. The molecule has 0 aliphatic carbocycles. The predicted octanol–water partition coefficient (Wildman–Crippen LogP) is 2.93. The first-order chi connectivity index (χ1) is 9.94. The van der Waals surface area contributed by atoms with E-state index in [4.69, 9.17) is 4.74 Å². The standard InChI is InChI=1S/C14H18F2N2O3/c1-9-7-18(8-10(2)20-9)14(19)17-11-3-5-12(6-4-11)21-13(15)16/h3-6,9-10,13H,7-8H2,1-2H3,(H,17,19)/t9-,10-/m0/s1. The monoisotopic (exact) mass is 300 g/mol. The van der Waals surface area contributed by atoms with Gasteiger partial charge in [0.05, 0.1) is 12.2 Å². The lowest BCUT2D eigenvalue weighted by molar-refractivity contribution is -0.0530. The van der Waals surface area contributed by atoms with Gasteiger partial charge in [-0.3, -0.25) is 0 Å². The molecule has 1 N–H and O–H groups in total. The number of halogens is 2. The number of nitrogens with one attached hydrogen (secondary N) is 1. The van der Waals surface area contributed by atoms with E-state index in [2.05, 4.69) is 10.1 Å². The second kappa shape index (κ2) is 6.71. The number of hydrogen-bond donors (Lipinski definition) is 1. The fraction of sp³-hybridized carbons (Fsp3) is 0.500. The molecule has 1 saturated heterocycles. The van der Waals surface area contributed by atoms with E-state index in [1.807, 2.05) is 13.8 Å². The fourth-order valence-electron chi connectivity index (χ4n) is 2.27. The van der Waals surface area contributed by atoms with Gasteiger partial charge in [-0.1, -0.05) is 0 Å². The maximum atomic E-state index is 12.1. The number of benzene rings is 1. The first kappa shape index (κ1) is 15.5. The Bertz CT molecular complexity index is 472. The third kappa shape index (κ3) is 4.56. The van der Waals surface area contributed by atoms with Gasteiger partial charge in [-0.2, -0.15) is 8.78 Å². The van der Waals surface area contributed by atoms with Crippen LogP contribution in [0.5, 0.6) is 5.75 Å². The van der Waals surface area contributed by atoms with Gasteiger partial charge in [-0.05, 0) is 38.1 Å². The zero-order chi connectivity index (χ0) is 15.4. The number of anilines is 1. The molecule has 0 radical (unpaired) electrons. The number of urea groups is 1. The minimum absolute atomic E-state index is 0.0127. The molecule has 116 valence electrons. The van der Waals surface area contributed by atoms with Gasteiger partial charge in [-0.25, -0.2) is 4.79 Å². The van der Waals surface area contributed by atoms with Gasteiger partial charge in [0.25, 0.3) is 0 Å². The van der Waals surface area contributed by atoms with Crippen molar-refractivity contribution in [3.8, 4) is 5.75 Å². The Kier molecular flexibility index (Phi) is 4.95. The van der Waals surface area contributed by atoms with Crippen LogP contribution in [0.3, 0.4) is 0 Å². The first-order valence-electron chi connectivity index (χ1n) is 6.70. The Balaban J connectivity index is 1.93. The summed E-state index contributed by atoms with van der Waals surface area (Å²) in [7, 11) is 0. The summed E-state index contributed by atoms with van der Waals surface area (Å²) in [6.07, 6.45) is -0.0253. The van der Waals surface area contributed by atoms with Crippen molar-refractivity contribution in [3.05, 3.63) is 24.3 Å². The predicted molar refractivity (Wildman–Crippen MR) is 73.7 cm³/mol. The van der Waals surface area contributed by atoms with E-state index >= 15 is 0 Å². The molecule has 1 fully saturated rings. The van der Waals surface area contributed by atoms with Crippen LogP contribution < -0.4 is 10.1 Å². The highest BCUT2D eigenvalue weighted by Crippen LogP contribution is 2.19. The number of ether oxygens (including phenoxy) is 2. The van der Waals surface area contributed by atoms with Crippen LogP contribution >= 0.6 is 0 Å². The zero-order valence-corrected chi connectivity index (χ0v) is 11.9. The zero-order valence-electron chi connectivity index (χ0n) is 11.9. The minimum atomic E-state index is -2.86. The summed E-state index contributed by atoms with van der Waals surface area (Å²) in [5.74, 6) is 0.0524. The van der Waals surface area contributed by atoms with Crippen molar-refractivity contribution in [3.63, 3.8) is 0 Å². The molecule has 0 spiro atoms. The Morgan fingerprint density at radius 2 is 1.86 bits per heavy atom. The van der Waals surface area contributed by atoms with Gasteiger partial charge < -0.3 is 19.7 Å². The molecule has 1 aliphatic heterocycles. The lowest BCUT2D eigenvalue weighted by atomic mass is 10.2. The van der Waals surface area contributed by atoms with Crippen LogP contribution in [-0.4, -0.2) is 42.8 Å². The quantitative estimate of drug-likeness (QED) is 0.933. The van der Waals surface area contributed by atoms with Gasteiger partial charge in [0, 0.05) is 18.8 Å². The van der Waals surface area contributed by atoms with E-state index in [-0.39, 0.29) is 24.0 Å². The van der Waals surface area contributed by atoms with Crippen LogP contribution in [0, 0.1) is 0 Å². The maximum absolute atomic E-state index is 12.1. The lowest BCUT2D eigenvalue weighted by Gasteiger charge is -2.35. The molecule has 1 heterocycles. The largest absolute Gasteiger partial charge is 0.435 e. The van der Waals surface area contributed by atoms with Crippen molar-refractivity contribution in [1.29, 1.82) is 0 Å². The minimum Gasteiger partial charge on any atom is -0.435 e. The number of nitrogens with zero attached hydrogens (tertiary/aromatic N) is 1. The molecule has 1 aliphatic rings. The second-order valence-corrected chi connectivity index (χ2v) is 5.00. The molecule has 0 aromatic heterocycles. The van der Waals surface area contributed by atoms with E-state index in [1.54, 1.807) is 4.90 Å². The molecule has 1 aromatic rings. The SMILES string of the molecule is C[C@H]1CN(C(=O)Nc2ccc(OC(F)F)cc2)C[C@H](C)O1.